The van der Waals surface area contributed by atoms with Crippen LogP contribution in [-0.2, 0) is 6.54 Å². The molecule has 14 heavy (non-hydrogen) atoms. The van der Waals surface area contributed by atoms with E-state index in [4.69, 9.17) is 16.7 Å². The Bertz CT molecular complexity index is 307. The quantitative estimate of drug-likeness (QED) is 0.818. The van der Waals surface area contributed by atoms with Gasteiger partial charge in [0, 0.05) is 6.54 Å². The summed E-state index contributed by atoms with van der Waals surface area (Å²) in [6.07, 6.45) is -2.36. The van der Waals surface area contributed by atoms with Crippen LogP contribution in [0, 0.1) is 0 Å². The highest BCUT2D eigenvalue weighted by Gasteiger charge is 2.02. The van der Waals surface area contributed by atoms with E-state index in [0.29, 0.717) is 6.54 Å². The maximum Gasteiger partial charge on any atom is 0.250 e. The molecular weight excluding hydrogens is 212 g/mol. The molecule has 0 atom stereocenters. The average Bonchev–Trinajstić information content (AvgIpc) is 2.10. The van der Waals surface area contributed by atoms with Gasteiger partial charge >= 0.3 is 0 Å². The highest BCUT2D eigenvalue weighted by atomic mass is 35.5. The zero-order chi connectivity index (χ0) is 10.6. The van der Waals surface area contributed by atoms with Crippen molar-refractivity contribution in [2.24, 2.45) is 0 Å². The Morgan fingerprint density at radius 2 is 2.14 bits per heavy atom. The predicted molar refractivity (Wildman–Crippen MR) is 50.8 cm³/mol. The van der Waals surface area contributed by atoms with Gasteiger partial charge in [-0.3, -0.25) is 0 Å². The molecule has 0 aliphatic heterocycles. The SMILES string of the molecule is Oc1ccc(CNCC(F)F)cc1Cl. The van der Waals surface area contributed by atoms with E-state index in [1.54, 1.807) is 6.07 Å². The van der Waals surface area contributed by atoms with Gasteiger partial charge < -0.3 is 10.4 Å². The second kappa shape index (κ2) is 5.12. The van der Waals surface area contributed by atoms with Crippen LogP contribution in [-0.4, -0.2) is 18.1 Å². The first-order valence-corrected chi connectivity index (χ1v) is 4.43. The van der Waals surface area contributed by atoms with Gasteiger partial charge in [-0.05, 0) is 17.7 Å². The van der Waals surface area contributed by atoms with Crippen LogP contribution in [0.3, 0.4) is 0 Å². The Kier molecular flexibility index (Phi) is 4.10. The molecule has 0 aliphatic carbocycles. The number of halogens is 3. The molecule has 0 spiro atoms. The first kappa shape index (κ1) is 11.2. The maximum absolute atomic E-state index is 11.8. The summed E-state index contributed by atoms with van der Waals surface area (Å²) in [6, 6.07) is 4.59. The number of benzene rings is 1. The Balaban J connectivity index is 2.47. The summed E-state index contributed by atoms with van der Waals surface area (Å²) < 4.78 is 23.5. The molecule has 0 radical (unpaired) electrons. The first-order chi connectivity index (χ1) is 6.59. The van der Waals surface area contributed by atoms with Gasteiger partial charge in [0.15, 0.2) is 0 Å². The highest BCUT2D eigenvalue weighted by molar-refractivity contribution is 6.32. The monoisotopic (exact) mass is 221 g/mol. The van der Waals surface area contributed by atoms with E-state index in [1.165, 1.54) is 12.1 Å². The van der Waals surface area contributed by atoms with Gasteiger partial charge in [-0.15, -0.1) is 0 Å². The number of alkyl halides is 2. The third-order valence-electron chi connectivity index (χ3n) is 1.64. The number of phenolic OH excluding ortho intramolecular Hbond substituents is 1. The van der Waals surface area contributed by atoms with Gasteiger partial charge in [-0.2, -0.15) is 0 Å². The van der Waals surface area contributed by atoms with Crippen molar-refractivity contribution >= 4 is 11.6 Å². The second-order valence-electron chi connectivity index (χ2n) is 2.81. The van der Waals surface area contributed by atoms with Crippen molar-refractivity contribution in [3.05, 3.63) is 28.8 Å². The van der Waals surface area contributed by atoms with Crippen LogP contribution < -0.4 is 5.32 Å². The van der Waals surface area contributed by atoms with Crippen molar-refractivity contribution in [1.82, 2.24) is 5.32 Å². The van der Waals surface area contributed by atoms with Crippen LogP contribution in [0.1, 0.15) is 5.56 Å². The van der Waals surface area contributed by atoms with Crippen molar-refractivity contribution < 1.29 is 13.9 Å². The summed E-state index contributed by atoms with van der Waals surface area (Å²) in [5.74, 6) is -0.00993. The molecule has 5 heteroatoms. The molecular formula is C9H10ClF2NO. The number of hydrogen-bond donors (Lipinski definition) is 2. The molecule has 0 aromatic heterocycles. The predicted octanol–water partition coefficient (Wildman–Crippen LogP) is 2.40. The summed E-state index contributed by atoms with van der Waals surface area (Å²) in [5, 5.41) is 11.9. The molecule has 0 heterocycles. The Morgan fingerprint density at radius 3 is 2.71 bits per heavy atom. The lowest BCUT2D eigenvalue weighted by Crippen LogP contribution is -2.20. The zero-order valence-electron chi connectivity index (χ0n) is 7.30. The first-order valence-electron chi connectivity index (χ1n) is 4.06. The van der Waals surface area contributed by atoms with E-state index in [0.717, 1.165) is 5.56 Å². The minimum Gasteiger partial charge on any atom is -0.506 e. The molecule has 1 aromatic rings. The molecule has 2 nitrogen and oxygen atoms in total. The highest BCUT2D eigenvalue weighted by Crippen LogP contribution is 2.23. The van der Waals surface area contributed by atoms with Crippen molar-refractivity contribution in [3.8, 4) is 5.75 Å². The van der Waals surface area contributed by atoms with Gasteiger partial charge in [0.2, 0.25) is 0 Å². The molecule has 2 N–H and O–H groups in total. The van der Waals surface area contributed by atoms with Crippen LogP contribution in [0.4, 0.5) is 8.78 Å². The van der Waals surface area contributed by atoms with E-state index in [9.17, 15) is 8.78 Å². The van der Waals surface area contributed by atoms with Crippen LogP contribution in [0.2, 0.25) is 5.02 Å². The van der Waals surface area contributed by atoms with E-state index in [2.05, 4.69) is 5.32 Å². The topological polar surface area (TPSA) is 32.3 Å². The third-order valence-corrected chi connectivity index (χ3v) is 1.94. The number of aromatic hydroxyl groups is 1. The van der Waals surface area contributed by atoms with Crippen LogP contribution in [0.15, 0.2) is 18.2 Å². The molecule has 0 unspecified atom stereocenters. The smallest absolute Gasteiger partial charge is 0.250 e. The standard InChI is InChI=1S/C9H10ClF2NO/c10-7-3-6(1-2-8(7)14)4-13-5-9(11)12/h1-3,9,13-14H,4-5H2. The van der Waals surface area contributed by atoms with Crippen LogP contribution in [0.25, 0.3) is 0 Å². The normalized spacial score (nSPS) is 10.9. The van der Waals surface area contributed by atoms with Crippen LogP contribution in [0.5, 0.6) is 5.75 Å². The van der Waals surface area contributed by atoms with Gasteiger partial charge in [-0.25, -0.2) is 8.78 Å². The van der Waals surface area contributed by atoms with Crippen molar-refractivity contribution in [3.63, 3.8) is 0 Å². The fourth-order valence-electron chi connectivity index (χ4n) is 0.986. The summed E-state index contributed by atoms with van der Waals surface area (Å²) in [4.78, 5) is 0. The van der Waals surface area contributed by atoms with Crippen LogP contribution >= 0.6 is 11.6 Å². The second-order valence-corrected chi connectivity index (χ2v) is 3.21. The maximum atomic E-state index is 11.8. The van der Waals surface area contributed by atoms with E-state index < -0.39 is 6.43 Å². The van der Waals surface area contributed by atoms with Crippen molar-refractivity contribution in [2.45, 2.75) is 13.0 Å². The summed E-state index contributed by atoms with van der Waals surface area (Å²) in [6.45, 7) is -0.0389. The Morgan fingerprint density at radius 1 is 1.43 bits per heavy atom. The van der Waals surface area contributed by atoms with Gasteiger partial charge in [-0.1, -0.05) is 17.7 Å². The molecule has 0 amide bonds. The lowest BCUT2D eigenvalue weighted by atomic mass is 10.2. The van der Waals surface area contributed by atoms with Gasteiger partial charge in [0.25, 0.3) is 6.43 Å². The lowest BCUT2D eigenvalue weighted by molar-refractivity contribution is 0.145. The molecule has 78 valence electrons. The molecule has 0 bridgehead atoms. The number of rotatable bonds is 4. The summed E-state index contributed by atoms with van der Waals surface area (Å²) in [7, 11) is 0. The third kappa shape index (κ3) is 3.47. The minimum absolute atomic E-state index is 0.00993. The van der Waals surface area contributed by atoms with E-state index in [-0.39, 0.29) is 17.3 Å². The molecule has 1 rings (SSSR count). The molecule has 0 aliphatic rings. The molecule has 0 saturated carbocycles. The Hall–Kier alpha value is -0.870. The van der Waals surface area contributed by atoms with Gasteiger partial charge in [0.05, 0.1) is 11.6 Å². The minimum atomic E-state index is -2.36. The van der Waals surface area contributed by atoms with Gasteiger partial charge in [0.1, 0.15) is 5.75 Å². The fourth-order valence-corrected chi connectivity index (χ4v) is 1.19. The molecule has 1 aromatic carbocycles. The largest absolute Gasteiger partial charge is 0.506 e. The molecule has 0 fully saturated rings. The van der Waals surface area contributed by atoms with Crippen molar-refractivity contribution in [1.29, 1.82) is 0 Å². The zero-order valence-corrected chi connectivity index (χ0v) is 8.06. The molecule has 0 saturated heterocycles. The van der Waals surface area contributed by atoms with E-state index >= 15 is 0 Å². The summed E-state index contributed by atoms with van der Waals surface area (Å²) >= 11 is 5.63. The lowest BCUT2D eigenvalue weighted by Gasteiger charge is -2.05. The number of hydrogen-bond acceptors (Lipinski definition) is 2. The van der Waals surface area contributed by atoms with Crippen molar-refractivity contribution in [2.75, 3.05) is 6.54 Å². The number of phenols is 1. The summed E-state index contributed by atoms with van der Waals surface area (Å²) in [5.41, 5.74) is 0.758. The average molecular weight is 222 g/mol. The Labute approximate surface area is 85.5 Å². The fraction of sp³-hybridized carbons (Fsp3) is 0.333. The van der Waals surface area contributed by atoms with E-state index in [1.807, 2.05) is 0 Å². The number of nitrogens with one attached hydrogen (secondary N) is 1.